The lowest BCUT2D eigenvalue weighted by Gasteiger charge is -2.50. The lowest BCUT2D eigenvalue weighted by atomic mass is 9.73. The number of aliphatic hydroxyl groups is 1. The summed E-state index contributed by atoms with van der Waals surface area (Å²) >= 11 is 0. The highest BCUT2D eigenvalue weighted by Crippen LogP contribution is 2.43. The van der Waals surface area contributed by atoms with E-state index in [0.717, 1.165) is 61.8 Å². The quantitative estimate of drug-likeness (QED) is 0.112. The number of likely N-dealkylation sites (N-methyl/N-ethyl adjacent to an activating group) is 1. The summed E-state index contributed by atoms with van der Waals surface area (Å²) in [6.07, 6.45) is -1.33. The molecular formula is C59H92N4O16. The van der Waals surface area contributed by atoms with E-state index in [1.807, 2.05) is 78.1 Å². The largest absolute Gasteiger partial charge is 0.477 e. The average Bonchev–Trinajstić information content (AvgIpc) is 3.83. The van der Waals surface area contributed by atoms with Gasteiger partial charge < -0.3 is 72.5 Å². The molecule has 3 N–H and O–H groups in total. The number of ketones is 1. The highest BCUT2D eigenvalue weighted by Gasteiger charge is 2.58. The number of aromatic carboxylic acids is 1. The van der Waals surface area contributed by atoms with E-state index in [1.54, 1.807) is 35.0 Å². The smallest absolute Gasteiger partial charge is 0.408 e. The Morgan fingerprint density at radius 1 is 0.899 bits per heavy atom. The summed E-state index contributed by atoms with van der Waals surface area (Å²) in [6.45, 7) is 21.1. The van der Waals surface area contributed by atoms with Crippen LogP contribution in [0.25, 0.3) is 10.9 Å². The van der Waals surface area contributed by atoms with Crippen LogP contribution in [0.5, 0.6) is 0 Å². The Bertz CT molecular complexity index is 2540. The maximum atomic E-state index is 14.8. The van der Waals surface area contributed by atoms with Gasteiger partial charge in [-0.1, -0.05) is 33.8 Å². The number of nitrogens with one attached hydrogen (secondary N) is 1. The molecule has 79 heavy (non-hydrogen) atoms. The molecule has 20 nitrogen and oxygen atoms in total. The summed E-state index contributed by atoms with van der Waals surface area (Å²) in [5, 5.41) is 24.9. The second-order valence-electron chi connectivity index (χ2n) is 24.4. The van der Waals surface area contributed by atoms with Gasteiger partial charge in [-0.25, -0.2) is 9.59 Å². The topological polar surface area (TPSA) is 232 Å². The summed E-state index contributed by atoms with van der Waals surface area (Å²) in [7, 11) is 9.04. The lowest BCUT2D eigenvalue weighted by Crippen LogP contribution is -2.61. The first-order chi connectivity index (χ1) is 37.2. The monoisotopic (exact) mass is 1110 g/mol. The van der Waals surface area contributed by atoms with Crippen molar-refractivity contribution < 1.29 is 72.0 Å². The fourth-order valence-corrected chi connectivity index (χ4v) is 13.6. The van der Waals surface area contributed by atoms with Crippen molar-refractivity contribution in [1.29, 1.82) is 0 Å². The standard InChI is InChI=1S/C59H92N4O16/c1-16-43-59(10)50(60-56(70)79-59)34(4)46(64)32(2)29-57(8,71-14)51(78-55-48(66)42(61(11)12)26-33(3)74-55)35(5)49(36(6)54(69)76-43)77-44-30-58(9,72-15)52(37(7)75-44)73-25-19-23-62(13)22-17-20-38-27-39-21-18-24-63-31-41(53(67)68)47(65)40(28-38)45(39)63/h27-28,31-37,42-44,48-52,55,66H,16-26,29-30H2,1-15H3,(H,60,70)(H,67,68)/t32-,33-,34?,35+,36-,37+,42+,43-,44+,48-,49+,50-,51-,52+,55+,57-,58-,59-/m1/s1. The number of hydrogen-bond donors (Lipinski definition) is 3. The summed E-state index contributed by atoms with van der Waals surface area (Å²) in [5.41, 5.74) is -1.23. The van der Waals surface area contributed by atoms with Crippen LogP contribution in [0.1, 0.15) is 136 Å². The number of rotatable bonds is 18. The zero-order valence-corrected chi connectivity index (χ0v) is 49.5. The number of methoxy groups -OCH3 is 2. The van der Waals surface area contributed by atoms with E-state index < -0.39 is 119 Å². The van der Waals surface area contributed by atoms with Crippen molar-refractivity contribution in [2.75, 3.05) is 55.1 Å². The van der Waals surface area contributed by atoms with Crippen molar-refractivity contribution in [3.05, 3.63) is 45.2 Å². The number of carbonyl (C=O) groups excluding carboxylic acids is 3. The Balaban J connectivity index is 1.08. The van der Waals surface area contributed by atoms with Crippen LogP contribution in [0.4, 0.5) is 4.79 Å². The van der Waals surface area contributed by atoms with Crippen molar-refractivity contribution in [2.45, 2.75) is 218 Å². The van der Waals surface area contributed by atoms with E-state index in [0.29, 0.717) is 25.0 Å². The lowest BCUT2D eigenvalue weighted by molar-refractivity contribution is -0.322. The van der Waals surface area contributed by atoms with Gasteiger partial charge in [0.25, 0.3) is 0 Å². The predicted molar refractivity (Wildman–Crippen MR) is 294 cm³/mol. The first kappa shape index (κ1) is 62.5. The third-order valence-electron chi connectivity index (χ3n) is 18.2. The summed E-state index contributed by atoms with van der Waals surface area (Å²) in [5.74, 6) is -5.09. The third kappa shape index (κ3) is 13.2. The molecule has 5 aliphatic heterocycles. The number of cyclic esters (lactones) is 1. The molecule has 18 atom stereocenters. The van der Waals surface area contributed by atoms with Gasteiger partial charge in [0.15, 0.2) is 18.2 Å². The molecule has 0 aliphatic carbocycles. The maximum Gasteiger partial charge on any atom is 0.408 e. The molecule has 1 amide bonds. The molecule has 444 valence electrons. The van der Waals surface area contributed by atoms with Crippen molar-refractivity contribution in [1.82, 2.24) is 19.7 Å². The van der Waals surface area contributed by atoms with Gasteiger partial charge in [-0.05, 0) is 138 Å². The Morgan fingerprint density at radius 2 is 1.58 bits per heavy atom. The normalized spacial score (nSPS) is 37.6. The van der Waals surface area contributed by atoms with Crippen molar-refractivity contribution >= 4 is 34.7 Å². The van der Waals surface area contributed by atoms with Crippen LogP contribution in [0.15, 0.2) is 23.1 Å². The molecule has 1 aromatic carbocycles. The van der Waals surface area contributed by atoms with E-state index in [1.165, 1.54) is 6.20 Å². The number of nitrogens with zero attached hydrogens (tertiary/aromatic N) is 3. The molecule has 4 fully saturated rings. The van der Waals surface area contributed by atoms with Crippen molar-refractivity contribution in [3.63, 3.8) is 0 Å². The number of pyridine rings is 1. The number of amides is 1. The van der Waals surface area contributed by atoms with Gasteiger partial charge >= 0.3 is 18.0 Å². The van der Waals surface area contributed by atoms with Crippen LogP contribution < -0.4 is 10.7 Å². The van der Waals surface area contributed by atoms with E-state index in [-0.39, 0.29) is 42.8 Å². The van der Waals surface area contributed by atoms with E-state index >= 15 is 0 Å². The fourth-order valence-electron chi connectivity index (χ4n) is 13.6. The Morgan fingerprint density at radius 3 is 2.24 bits per heavy atom. The summed E-state index contributed by atoms with van der Waals surface area (Å²) in [6, 6.07) is 2.91. The molecule has 6 heterocycles. The minimum atomic E-state index is -1.39. The van der Waals surface area contributed by atoms with E-state index in [9.17, 15) is 34.2 Å². The highest BCUT2D eigenvalue weighted by atomic mass is 16.7. The number of fused-ring (bicyclic) bond motifs is 1. The second kappa shape index (κ2) is 25.6. The average molecular weight is 1110 g/mol. The van der Waals surface area contributed by atoms with Crippen LogP contribution in [0.3, 0.4) is 0 Å². The first-order valence-corrected chi connectivity index (χ1v) is 28.7. The van der Waals surface area contributed by atoms with Gasteiger partial charge in [0.1, 0.15) is 29.7 Å². The van der Waals surface area contributed by atoms with Gasteiger partial charge in [-0.2, -0.15) is 0 Å². The number of aryl methyl sites for hydroxylation is 3. The minimum absolute atomic E-state index is 0.153. The van der Waals surface area contributed by atoms with Crippen LogP contribution in [-0.2, 0) is 71.6 Å². The van der Waals surface area contributed by atoms with Gasteiger partial charge in [-0.15, -0.1) is 0 Å². The zero-order chi connectivity index (χ0) is 58.1. The number of Topliss-reactive ketones (excluding diaryl/α,β-unsaturated/α-hetero) is 1. The number of aromatic nitrogens is 1. The number of aliphatic hydroxyl groups excluding tert-OH is 1. The zero-order valence-electron chi connectivity index (χ0n) is 49.5. The molecule has 7 rings (SSSR count). The van der Waals surface area contributed by atoms with Gasteiger partial charge in [0, 0.05) is 75.7 Å². The van der Waals surface area contributed by atoms with Crippen LogP contribution in [0.2, 0.25) is 0 Å². The number of carboxylic acids is 1. The summed E-state index contributed by atoms with van der Waals surface area (Å²) in [4.78, 5) is 71.8. The maximum absolute atomic E-state index is 14.8. The molecule has 1 unspecified atom stereocenters. The van der Waals surface area contributed by atoms with Crippen LogP contribution >= 0.6 is 0 Å². The fraction of sp³-hybridized carbons (Fsp3) is 0.780. The van der Waals surface area contributed by atoms with Crippen LogP contribution in [-0.4, -0.2) is 188 Å². The van der Waals surface area contributed by atoms with Gasteiger partial charge in [0.05, 0.1) is 53.1 Å². The highest BCUT2D eigenvalue weighted by molar-refractivity contribution is 5.94. The molecule has 2 aromatic rings. The number of carbonyl (C=O) groups is 4. The Kier molecular flexibility index (Phi) is 20.2. The minimum Gasteiger partial charge on any atom is -0.477 e. The van der Waals surface area contributed by atoms with Crippen molar-refractivity contribution in [2.24, 2.45) is 23.7 Å². The molecule has 0 saturated carbocycles. The van der Waals surface area contributed by atoms with Gasteiger partial charge in [0.2, 0.25) is 5.43 Å². The van der Waals surface area contributed by atoms with E-state index in [4.69, 9.17) is 42.6 Å². The Hall–Kier alpha value is -4.09. The molecule has 4 saturated heterocycles. The van der Waals surface area contributed by atoms with Crippen molar-refractivity contribution in [3.8, 4) is 0 Å². The Labute approximate surface area is 466 Å². The molecular weight excluding hydrogens is 1020 g/mol. The first-order valence-electron chi connectivity index (χ1n) is 28.7. The number of carboxylic acid groups (broad SMARTS) is 1. The third-order valence-corrected chi connectivity index (χ3v) is 18.2. The molecule has 0 radical (unpaired) electrons. The van der Waals surface area contributed by atoms with Crippen LogP contribution in [0, 0.1) is 23.7 Å². The van der Waals surface area contributed by atoms with E-state index in [2.05, 4.69) is 23.3 Å². The molecule has 0 spiro atoms. The molecule has 20 heteroatoms. The number of benzene rings is 1. The molecule has 0 bridgehead atoms. The predicted octanol–water partition coefficient (Wildman–Crippen LogP) is 6.13. The summed E-state index contributed by atoms with van der Waals surface area (Å²) < 4.78 is 60.8. The number of esters is 1. The molecule has 5 aliphatic rings. The SMILES string of the molecule is CC[C@H]1OC(=O)[C@H](C)[C@@H](O[C@H]2C[C@@](C)(OC)[C@@H](OCCCN(C)CCCc3cc4c5c(c3)c(=O)c(C(=O)O)cn5CCC4)[C@H](C)O2)[C@H](C)[C@@H](O[C@@H]2O[C@H](C)C[C@H](N(C)C)[C@H]2O)[C@](C)(OC)C[C@@H](C)C(=O)C(C)[C@H]2NC(=O)O[C@@]21C. The molecule has 1 aromatic heterocycles. The number of ether oxygens (including phenoxy) is 9. The van der Waals surface area contributed by atoms with Gasteiger partial charge in [-0.3, -0.25) is 14.4 Å². The second-order valence-corrected chi connectivity index (χ2v) is 24.4. The number of hydrogen-bond acceptors (Lipinski definition) is 17. The number of alkyl carbamates (subject to hydrolysis) is 1.